The highest BCUT2D eigenvalue weighted by atomic mass is 16.4. The third-order valence-electron chi connectivity index (χ3n) is 1.16. The number of hydrogen-bond donors (Lipinski definition) is 1. The van der Waals surface area contributed by atoms with Gasteiger partial charge in [-0.05, 0) is 12.5 Å². The fourth-order valence-electron chi connectivity index (χ4n) is 0.606. The molecule has 1 aromatic rings. The van der Waals surface area contributed by atoms with Crippen molar-refractivity contribution in [2.45, 2.75) is 6.92 Å². The summed E-state index contributed by atoms with van der Waals surface area (Å²) in [6.07, 6.45) is 2.65. The summed E-state index contributed by atoms with van der Waals surface area (Å²) in [5, 5.41) is 15.4. The summed E-state index contributed by atoms with van der Waals surface area (Å²) in [6, 6.07) is 0. The van der Waals surface area contributed by atoms with Crippen LogP contribution in [0.5, 0.6) is 0 Å². The predicted octanol–water partition coefficient (Wildman–Crippen LogP) is 0.483. The van der Waals surface area contributed by atoms with Crippen LogP contribution in [0.25, 0.3) is 0 Å². The second kappa shape index (κ2) is 2.43. The van der Waals surface area contributed by atoms with Crippen molar-refractivity contribution in [3.05, 3.63) is 23.5 Å². The van der Waals surface area contributed by atoms with Crippen LogP contribution in [0.2, 0.25) is 0 Å². The highest BCUT2D eigenvalue weighted by Crippen LogP contribution is 2.01. The lowest BCUT2D eigenvalue weighted by Crippen LogP contribution is -2.00. The zero-order valence-corrected chi connectivity index (χ0v) is 5.40. The standard InChI is InChI=1S/C6H6N2O2/c1-4-2-7-8-3-5(4)6(9)10/h2-3H,1H3,(H,9,10). The molecule has 0 aliphatic heterocycles. The number of carboxylic acid groups (broad SMARTS) is 1. The van der Waals surface area contributed by atoms with E-state index < -0.39 is 5.97 Å². The number of nitrogens with zero attached hydrogens (tertiary/aromatic N) is 2. The van der Waals surface area contributed by atoms with Crippen molar-refractivity contribution in [2.75, 3.05) is 0 Å². The Bertz CT molecular complexity index is 260. The highest BCUT2D eigenvalue weighted by molar-refractivity contribution is 5.88. The van der Waals surface area contributed by atoms with Crippen molar-refractivity contribution in [1.82, 2.24) is 10.2 Å². The van der Waals surface area contributed by atoms with E-state index in [0.29, 0.717) is 5.56 Å². The number of rotatable bonds is 1. The van der Waals surface area contributed by atoms with Gasteiger partial charge in [-0.1, -0.05) is 0 Å². The van der Waals surface area contributed by atoms with E-state index in [0.717, 1.165) is 0 Å². The van der Waals surface area contributed by atoms with Gasteiger partial charge < -0.3 is 5.11 Å². The molecule has 1 rings (SSSR count). The Balaban J connectivity index is 3.15. The third-order valence-corrected chi connectivity index (χ3v) is 1.16. The Labute approximate surface area is 57.5 Å². The summed E-state index contributed by atoms with van der Waals surface area (Å²) in [5.74, 6) is -0.965. The van der Waals surface area contributed by atoms with Crippen LogP contribution in [-0.2, 0) is 0 Å². The summed E-state index contributed by atoms with van der Waals surface area (Å²) in [6.45, 7) is 1.68. The molecule has 0 bridgehead atoms. The number of carboxylic acids is 1. The number of carbonyl (C=O) groups is 1. The van der Waals surface area contributed by atoms with Gasteiger partial charge in [0, 0.05) is 0 Å². The van der Waals surface area contributed by atoms with Crippen molar-refractivity contribution < 1.29 is 9.90 Å². The summed E-state index contributed by atoms with van der Waals surface area (Å²) < 4.78 is 0. The maximum absolute atomic E-state index is 10.4. The van der Waals surface area contributed by atoms with E-state index >= 15 is 0 Å². The minimum atomic E-state index is -0.965. The molecular formula is C6H6N2O2. The van der Waals surface area contributed by atoms with E-state index in [2.05, 4.69) is 10.2 Å². The monoisotopic (exact) mass is 138 g/mol. The van der Waals surface area contributed by atoms with Crippen molar-refractivity contribution in [3.63, 3.8) is 0 Å². The zero-order valence-electron chi connectivity index (χ0n) is 5.40. The van der Waals surface area contributed by atoms with Crippen LogP contribution in [0.4, 0.5) is 0 Å². The molecule has 0 amide bonds. The van der Waals surface area contributed by atoms with Crippen LogP contribution in [0.1, 0.15) is 15.9 Å². The maximum Gasteiger partial charge on any atom is 0.337 e. The molecule has 0 saturated heterocycles. The van der Waals surface area contributed by atoms with Gasteiger partial charge in [0.15, 0.2) is 0 Å². The smallest absolute Gasteiger partial charge is 0.337 e. The van der Waals surface area contributed by atoms with E-state index in [-0.39, 0.29) is 5.56 Å². The second-order valence-electron chi connectivity index (χ2n) is 1.89. The molecule has 0 aromatic carbocycles. The molecule has 0 spiro atoms. The Morgan fingerprint density at radius 1 is 1.50 bits per heavy atom. The van der Waals surface area contributed by atoms with E-state index in [1.54, 1.807) is 6.92 Å². The van der Waals surface area contributed by atoms with Gasteiger partial charge in [0.05, 0.1) is 18.0 Å². The fraction of sp³-hybridized carbons (Fsp3) is 0.167. The number of hydrogen-bond acceptors (Lipinski definition) is 3. The average Bonchev–Trinajstić information content (AvgIpc) is 1.88. The third kappa shape index (κ3) is 1.10. The van der Waals surface area contributed by atoms with Crippen LogP contribution in [-0.4, -0.2) is 21.3 Å². The van der Waals surface area contributed by atoms with Gasteiger partial charge >= 0.3 is 5.97 Å². The molecule has 4 nitrogen and oxygen atoms in total. The SMILES string of the molecule is Cc1cnncc1C(=O)O. The van der Waals surface area contributed by atoms with E-state index in [1.807, 2.05) is 0 Å². The van der Waals surface area contributed by atoms with Gasteiger partial charge in [-0.15, -0.1) is 0 Å². The number of aryl methyl sites for hydroxylation is 1. The van der Waals surface area contributed by atoms with Crippen molar-refractivity contribution >= 4 is 5.97 Å². The summed E-state index contributed by atoms with van der Waals surface area (Å²) in [4.78, 5) is 10.4. The molecule has 0 aliphatic rings. The fourth-order valence-corrected chi connectivity index (χ4v) is 0.606. The van der Waals surface area contributed by atoms with Crippen molar-refractivity contribution in [1.29, 1.82) is 0 Å². The number of aromatic carboxylic acids is 1. The molecule has 1 heterocycles. The van der Waals surface area contributed by atoms with E-state index in [9.17, 15) is 4.79 Å². The van der Waals surface area contributed by atoms with Gasteiger partial charge in [-0.2, -0.15) is 10.2 Å². The first kappa shape index (κ1) is 6.67. The molecule has 0 saturated carbocycles. The minimum Gasteiger partial charge on any atom is -0.478 e. The van der Waals surface area contributed by atoms with Crippen LogP contribution >= 0.6 is 0 Å². The largest absolute Gasteiger partial charge is 0.478 e. The Hall–Kier alpha value is -1.45. The average molecular weight is 138 g/mol. The normalized spacial score (nSPS) is 9.30. The van der Waals surface area contributed by atoms with E-state index in [1.165, 1.54) is 12.4 Å². The molecule has 0 atom stereocenters. The predicted molar refractivity (Wildman–Crippen MR) is 33.7 cm³/mol. The molecule has 1 aromatic heterocycles. The lowest BCUT2D eigenvalue weighted by atomic mass is 10.2. The van der Waals surface area contributed by atoms with Gasteiger partial charge in [-0.3, -0.25) is 0 Å². The molecule has 10 heavy (non-hydrogen) atoms. The highest BCUT2D eigenvalue weighted by Gasteiger charge is 2.04. The van der Waals surface area contributed by atoms with Crippen molar-refractivity contribution in [3.8, 4) is 0 Å². The molecule has 4 heteroatoms. The molecule has 0 unspecified atom stereocenters. The summed E-state index contributed by atoms with van der Waals surface area (Å²) >= 11 is 0. The van der Waals surface area contributed by atoms with Gasteiger partial charge in [0.2, 0.25) is 0 Å². The first-order valence-corrected chi connectivity index (χ1v) is 2.72. The van der Waals surface area contributed by atoms with E-state index in [4.69, 9.17) is 5.11 Å². The molecule has 0 fully saturated rings. The summed E-state index contributed by atoms with van der Waals surface area (Å²) in [5.41, 5.74) is 0.831. The Kier molecular flexibility index (Phi) is 1.62. The Morgan fingerprint density at radius 2 is 2.10 bits per heavy atom. The second-order valence-corrected chi connectivity index (χ2v) is 1.89. The quantitative estimate of drug-likeness (QED) is 0.613. The van der Waals surface area contributed by atoms with Gasteiger partial charge in [0.1, 0.15) is 0 Å². The molecule has 0 aliphatic carbocycles. The molecule has 0 radical (unpaired) electrons. The lowest BCUT2D eigenvalue weighted by Gasteiger charge is -1.94. The summed E-state index contributed by atoms with van der Waals surface area (Å²) in [7, 11) is 0. The first-order valence-electron chi connectivity index (χ1n) is 2.72. The van der Waals surface area contributed by atoms with Gasteiger partial charge in [-0.25, -0.2) is 4.79 Å². The topological polar surface area (TPSA) is 63.1 Å². The maximum atomic E-state index is 10.4. The van der Waals surface area contributed by atoms with Crippen LogP contribution in [0, 0.1) is 6.92 Å². The zero-order chi connectivity index (χ0) is 7.56. The lowest BCUT2D eigenvalue weighted by molar-refractivity contribution is 0.0695. The van der Waals surface area contributed by atoms with Crippen LogP contribution < -0.4 is 0 Å². The van der Waals surface area contributed by atoms with Crippen molar-refractivity contribution in [2.24, 2.45) is 0 Å². The molecule has 1 N–H and O–H groups in total. The van der Waals surface area contributed by atoms with Crippen LogP contribution in [0.15, 0.2) is 12.4 Å². The molecule has 52 valence electrons. The molecular weight excluding hydrogens is 132 g/mol. The minimum absolute atomic E-state index is 0.204. The Morgan fingerprint density at radius 3 is 2.50 bits per heavy atom. The first-order chi connectivity index (χ1) is 4.72. The number of aromatic nitrogens is 2. The van der Waals surface area contributed by atoms with Gasteiger partial charge in [0.25, 0.3) is 0 Å². The van der Waals surface area contributed by atoms with Crippen LogP contribution in [0.3, 0.4) is 0 Å².